The van der Waals surface area contributed by atoms with Gasteiger partial charge in [-0.3, -0.25) is 14.4 Å². The van der Waals surface area contributed by atoms with Crippen molar-refractivity contribution in [2.45, 2.75) is 35.6 Å². The first kappa shape index (κ1) is 22.2. The molecule has 2 amide bonds. The third-order valence-electron chi connectivity index (χ3n) is 5.25. The standard InChI is InChI=1S/C22H19F3N2O4S/c23-22(24,25)14-7-8-17-15(10-14)26-21(30)18(32-17)11-20(29)31-12-19(28)27-9-3-5-13-4-1-2-6-16(13)27/h1-2,4,6-8,10,18H,3,5,9,11-12H2,(H,26,30). The molecule has 6 nitrogen and oxygen atoms in total. The molecule has 1 atom stereocenters. The molecule has 0 aliphatic carbocycles. The Hall–Kier alpha value is -3.01. The number of esters is 1. The van der Waals surface area contributed by atoms with Crippen molar-refractivity contribution in [1.29, 1.82) is 0 Å². The number of thioether (sulfide) groups is 1. The quantitative estimate of drug-likeness (QED) is 0.692. The van der Waals surface area contributed by atoms with Gasteiger partial charge in [-0.15, -0.1) is 11.8 Å². The third-order valence-corrected chi connectivity index (χ3v) is 6.52. The van der Waals surface area contributed by atoms with E-state index in [1.54, 1.807) is 4.90 Å². The number of para-hydroxylation sites is 1. The minimum absolute atomic E-state index is 0.0541. The first-order valence-electron chi connectivity index (χ1n) is 9.95. The van der Waals surface area contributed by atoms with Gasteiger partial charge in [0.25, 0.3) is 5.91 Å². The number of amides is 2. The molecule has 0 saturated heterocycles. The van der Waals surface area contributed by atoms with Crippen LogP contribution in [-0.4, -0.2) is 36.2 Å². The van der Waals surface area contributed by atoms with Crippen LogP contribution in [0.5, 0.6) is 0 Å². The highest BCUT2D eigenvalue weighted by atomic mass is 32.2. The molecule has 1 N–H and O–H groups in total. The molecule has 0 bridgehead atoms. The molecule has 0 spiro atoms. The Bertz CT molecular complexity index is 1070. The first-order chi connectivity index (χ1) is 15.2. The summed E-state index contributed by atoms with van der Waals surface area (Å²) in [4.78, 5) is 39.1. The summed E-state index contributed by atoms with van der Waals surface area (Å²) in [6.45, 7) is 0.0860. The van der Waals surface area contributed by atoms with Crippen LogP contribution >= 0.6 is 11.8 Å². The number of carbonyl (C=O) groups excluding carboxylic acids is 3. The Balaban J connectivity index is 1.34. The van der Waals surface area contributed by atoms with E-state index >= 15 is 0 Å². The van der Waals surface area contributed by atoms with Gasteiger partial charge in [-0.1, -0.05) is 18.2 Å². The van der Waals surface area contributed by atoms with Gasteiger partial charge in [0.15, 0.2) is 6.61 Å². The van der Waals surface area contributed by atoms with E-state index in [0.29, 0.717) is 11.4 Å². The fourth-order valence-electron chi connectivity index (χ4n) is 3.68. The third kappa shape index (κ3) is 4.74. The van der Waals surface area contributed by atoms with Gasteiger partial charge in [-0.05, 0) is 42.7 Å². The fourth-order valence-corrected chi connectivity index (χ4v) is 4.76. The molecule has 2 heterocycles. The second-order valence-corrected chi connectivity index (χ2v) is 8.69. The second kappa shape index (κ2) is 8.85. The maximum atomic E-state index is 12.9. The summed E-state index contributed by atoms with van der Waals surface area (Å²) in [5.74, 6) is -1.67. The summed E-state index contributed by atoms with van der Waals surface area (Å²) in [6, 6.07) is 10.6. The second-order valence-electron chi connectivity index (χ2n) is 7.45. The SMILES string of the molecule is O=C(CC1Sc2ccc(C(F)(F)F)cc2NC1=O)OCC(=O)N1CCCc2ccccc21. The van der Waals surface area contributed by atoms with Gasteiger partial charge in [-0.2, -0.15) is 13.2 Å². The van der Waals surface area contributed by atoms with Crippen molar-refractivity contribution < 1.29 is 32.3 Å². The van der Waals surface area contributed by atoms with Crippen molar-refractivity contribution in [3.63, 3.8) is 0 Å². The number of rotatable bonds is 4. The van der Waals surface area contributed by atoms with Crippen LogP contribution in [0.4, 0.5) is 24.5 Å². The van der Waals surface area contributed by atoms with E-state index in [0.717, 1.165) is 48.0 Å². The molecule has 0 fully saturated rings. The number of alkyl halides is 3. The number of carbonyl (C=O) groups is 3. The molecule has 0 aromatic heterocycles. The van der Waals surface area contributed by atoms with Crippen molar-refractivity contribution in [2.75, 3.05) is 23.4 Å². The van der Waals surface area contributed by atoms with Crippen LogP contribution in [0, 0.1) is 0 Å². The van der Waals surface area contributed by atoms with Gasteiger partial charge < -0.3 is 15.0 Å². The predicted octanol–water partition coefficient (Wildman–Crippen LogP) is 4.03. The Morgan fingerprint density at radius 2 is 1.97 bits per heavy atom. The average Bonchev–Trinajstić information content (AvgIpc) is 2.76. The number of aryl methyl sites for hydroxylation is 1. The van der Waals surface area contributed by atoms with Gasteiger partial charge in [-0.25, -0.2) is 0 Å². The lowest BCUT2D eigenvalue weighted by Crippen LogP contribution is -2.39. The topological polar surface area (TPSA) is 75.7 Å². The van der Waals surface area contributed by atoms with E-state index in [2.05, 4.69) is 5.32 Å². The number of hydrogen-bond acceptors (Lipinski definition) is 5. The van der Waals surface area contributed by atoms with Gasteiger partial charge in [0, 0.05) is 17.1 Å². The molecular weight excluding hydrogens is 445 g/mol. The van der Waals surface area contributed by atoms with Gasteiger partial charge in [0.05, 0.1) is 22.9 Å². The Kier molecular flexibility index (Phi) is 6.14. The molecule has 2 aromatic rings. The molecule has 2 aliphatic heterocycles. The lowest BCUT2D eigenvalue weighted by Gasteiger charge is -2.29. The van der Waals surface area contributed by atoms with Crippen LogP contribution in [0.25, 0.3) is 0 Å². The summed E-state index contributed by atoms with van der Waals surface area (Å²) in [7, 11) is 0. The molecule has 0 saturated carbocycles. The Morgan fingerprint density at radius 1 is 1.19 bits per heavy atom. The number of benzene rings is 2. The molecule has 168 valence electrons. The largest absolute Gasteiger partial charge is 0.456 e. The van der Waals surface area contributed by atoms with E-state index < -0.39 is 35.5 Å². The van der Waals surface area contributed by atoms with Crippen molar-refractivity contribution >= 4 is 40.9 Å². The van der Waals surface area contributed by atoms with E-state index in [1.165, 1.54) is 6.07 Å². The fraction of sp³-hybridized carbons (Fsp3) is 0.318. The molecule has 2 aromatic carbocycles. The van der Waals surface area contributed by atoms with Crippen LogP contribution < -0.4 is 10.2 Å². The van der Waals surface area contributed by atoms with Crippen LogP contribution in [-0.2, 0) is 31.7 Å². The average molecular weight is 464 g/mol. The van der Waals surface area contributed by atoms with Gasteiger partial charge in [0.1, 0.15) is 0 Å². The van der Waals surface area contributed by atoms with Crippen molar-refractivity contribution in [2.24, 2.45) is 0 Å². The van der Waals surface area contributed by atoms with Crippen LogP contribution in [0.15, 0.2) is 47.4 Å². The molecular formula is C22H19F3N2O4S. The summed E-state index contributed by atoms with van der Waals surface area (Å²) >= 11 is 0.990. The highest BCUT2D eigenvalue weighted by Gasteiger charge is 2.34. The monoisotopic (exact) mass is 464 g/mol. The molecule has 4 rings (SSSR count). The zero-order chi connectivity index (χ0) is 22.9. The maximum absolute atomic E-state index is 12.9. The molecule has 2 aliphatic rings. The number of anilines is 2. The van der Waals surface area contributed by atoms with E-state index in [1.807, 2.05) is 24.3 Å². The Morgan fingerprint density at radius 3 is 2.75 bits per heavy atom. The maximum Gasteiger partial charge on any atom is 0.416 e. The van der Waals surface area contributed by atoms with Gasteiger partial charge >= 0.3 is 12.1 Å². The van der Waals surface area contributed by atoms with E-state index in [9.17, 15) is 27.6 Å². The summed E-state index contributed by atoms with van der Waals surface area (Å²) in [5, 5.41) is 1.55. The molecule has 1 unspecified atom stereocenters. The zero-order valence-corrected chi connectivity index (χ0v) is 17.6. The minimum atomic E-state index is -4.52. The highest BCUT2D eigenvalue weighted by Crippen LogP contribution is 2.40. The molecule has 0 radical (unpaired) electrons. The molecule has 32 heavy (non-hydrogen) atoms. The number of fused-ring (bicyclic) bond motifs is 2. The lowest BCUT2D eigenvalue weighted by molar-refractivity contribution is -0.148. The highest BCUT2D eigenvalue weighted by molar-refractivity contribution is 8.01. The number of hydrogen-bond donors (Lipinski definition) is 1. The van der Waals surface area contributed by atoms with Crippen molar-refractivity contribution in [3.05, 3.63) is 53.6 Å². The zero-order valence-electron chi connectivity index (χ0n) is 16.8. The minimum Gasteiger partial charge on any atom is -0.456 e. The van der Waals surface area contributed by atoms with Gasteiger partial charge in [0.2, 0.25) is 5.91 Å². The lowest BCUT2D eigenvalue weighted by atomic mass is 10.0. The Labute approximate surface area is 186 Å². The predicted molar refractivity (Wildman–Crippen MR) is 112 cm³/mol. The van der Waals surface area contributed by atoms with Crippen LogP contribution in [0.3, 0.4) is 0 Å². The van der Waals surface area contributed by atoms with E-state index in [-0.39, 0.29) is 18.0 Å². The van der Waals surface area contributed by atoms with Crippen LogP contribution in [0.2, 0.25) is 0 Å². The number of halogens is 3. The van der Waals surface area contributed by atoms with Crippen LogP contribution in [0.1, 0.15) is 24.0 Å². The number of nitrogens with zero attached hydrogens (tertiary/aromatic N) is 1. The summed E-state index contributed by atoms with van der Waals surface area (Å²) in [5.41, 5.74) is 1.05. The van der Waals surface area contributed by atoms with Crippen molar-refractivity contribution in [1.82, 2.24) is 0 Å². The summed E-state index contributed by atoms with van der Waals surface area (Å²) in [6.07, 6.45) is -3.14. The summed E-state index contributed by atoms with van der Waals surface area (Å²) < 4.78 is 43.7. The smallest absolute Gasteiger partial charge is 0.416 e. The molecule has 10 heteroatoms. The number of ether oxygens (including phenoxy) is 1. The first-order valence-corrected chi connectivity index (χ1v) is 10.8. The normalized spacial score (nSPS) is 17.8. The van der Waals surface area contributed by atoms with E-state index in [4.69, 9.17) is 4.74 Å². The van der Waals surface area contributed by atoms with Crippen molar-refractivity contribution in [3.8, 4) is 0 Å². The number of nitrogens with one attached hydrogen (secondary N) is 1.